The Morgan fingerprint density at radius 3 is 2.66 bits per heavy atom. The second-order valence-corrected chi connectivity index (χ2v) is 8.08. The summed E-state index contributed by atoms with van der Waals surface area (Å²) in [6.07, 6.45) is 1.09. The van der Waals surface area contributed by atoms with Gasteiger partial charge in [-0.25, -0.2) is 9.98 Å². The molecule has 3 rings (SSSR count). The van der Waals surface area contributed by atoms with E-state index in [1.807, 2.05) is 18.5 Å². The van der Waals surface area contributed by atoms with Gasteiger partial charge >= 0.3 is 0 Å². The van der Waals surface area contributed by atoms with Crippen molar-refractivity contribution in [2.45, 2.75) is 39.4 Å². The van der Waals surface area contributed by atoms with Gasteiger partial charge in [0, 0.05) is 43.2 Å². The Morgan fingerprint density at radius 1 is 1.28 bits per heavy atom. The van der Waals surface area contributed by atoms with E-state index in [1.165, 1.54) is 10.4 Å². The Bertz CT molecular complexity index is 801. The SMILES string of the molecule is CCNC(=NCc1scnc1C)NC1CCN(Cc2cc(OC)cc(OC)c2)C1. The Hall–Kier alpha value is -2.32. The number of rotatable bonds is 8. The number of thiazole rings is 1. The Kier molecular flexibility index (Phi) is 7.71. The third-order valence-electron chi connectivity index (χ3n) is 5.00. The van der Waals surface area contributed by atoms with Crippen molar-refractivity contribution >= 4 is 17.3 Å². The topological polar surface area (TPSA) is 71.0 Å². The zero-order chi connectivity index (χ0) is 20.6. The molecule has 1 aromatic carbocycles. The van der Waals surface area contributed by atoms with Crippen LogP contribution in [0.3, 0.4) is 0 Å². The maximum Gasteiger partial charge on any atom is 0.191 e. The number of hydrogen-bond acceptors (Lipinski definition) is 6. The van der Waals surface area contributed by atoms with Crippen LogP contribution in [0.2, 0.25) is 0 Å². The highest BCUT2D eigenvalue weighted by atomic mass is 32.1. The van der Waals surface area contributed by atoms with E-state index in [0.29, 0.717) is 12.6 Å². The summed E-state index contributed by atoms with van der Waals surface area (Å²) in [7, 11) is 3.37. The van der Waals surface area contributed by atoms with Crippen molar-refractivity contribution in [2.75, 3.05) is 33.9 Å². The largest absolute Gasteiger partial charge is 0.497 e. The molecule has 0 aliphatic carbocycles. The van der Waals surface area contributed by atoms with Crippen LogP contribution in [0, 0.1) is 6.92 Å². The molecule has 0 radical (unpaired) electrons. The number of aliphatic imine (C=N–C) groups is 1. The molecule has 8 heteroatoms. The number of hydrogen-bond donors (Lipinski definition) is 2. The van der Waals surface area contributed by atoms with E-state index in [2.05, 4.69) is 39.6 Å². The molecule has 29 heavy (non-hydrogen) atoms. The van der Waals surface area contributed by atoms with Crippen LogP contribution < -0.4 is 20.1 Å². The van der Waals surface area contributed by atoms with E-state index in [-0.39, 0.29) is 0 Å². The van der Waals surface area contributed by atoms with Crippen LogP contribution in [0.5, 0.6) is 11.5 Å². The molecule has 158 valence electrons. The Balaban J connectivity index is 1.57. The van der Waals surface area contributed by atoms with Crippen molar-refractivity contribution < 1.29 is 9.47 Å². The molecule has 1 aromatic heterocycles. The first kappa shape index (κ1) is 21.4. The van der Waals surface area contributed by atoms with Crippen LogP contribution in [0.1, 0.15) is 29.5 Å². The summed E-state index contributed by atoms with van der Waals surface area (Å²) in [5, 5.41) is 6.95. The van der Waals surface area contributed by atoms with E-state index in [4.69, 9.17) is 14.5 Å². The summed E-state index contributed by atoms with van der Waals surface area (Å²) in [5.41, 5.74) is 4.14. The molecule has 1 fully saturated rings. The minimum absolute atomic E-state index is 0.378. The van der Waals surface area contributed by atoms with Crippen LogP contribution in [0.4, 0.5) is 0 Å². The maximum atomic E-state index is 5.39. The van der Waals surface area contributed by atoms with Gasteiger partial charge in [0.25, 0.3) is 0 Å². The highest BCUT2D eigenvalue weighted by Gasteiger charge is 2.23. The monoisotopic (exact) mass is 417 g/mol. The van der Waals surface area contributed by atoms with E-state index >= 15 is 0 Å². The number of methoxy groups -OCH3 is 2. The zero-order valence-electron chi connectivity index (χ0n) is 17.7. The minimum Gasteiger partial charge on any atom is -0.497 e. The summed E-state index contributed by atoms with van der Waals surface area (Å²) in [4.78, 5) is 12.7. The average molecular weight is 418 g/mol. The van der Waals surface area contributed by atoms with Crippen LogP contribution in [-0.4, -0.2) is 55.7 Å². The second kappa shape index (κ2) is 10.5. The lowest BCUT2D eigenvalue weighted by atomic mass is 10.2. The van der Waals surface area contributed by atoms with Gasteiger partial charge < -0.3 is 20.1 Å². The van der Waals surface area contributed by atoms with Crippen LogP contribution in [-0.2, 0) is 13.1 Å². The van der Waals surface area contributed by atoms with Gasteiger partial charge in [-0.2, -0.15) is 0 Å². The maximum absolute atomic E-state index is 5.39. The summed E-state index contributed by atoms with van der Waals surface area (Å²) >= 11 is 1.66. The third kappa shape index (κ3) is 6.08. The molecule has 0 bridgehead atoms. The van der Waals surface area contributed by atoms with Gasteiger partial charge in [-0.05, 0) is 38.0 Å². The Labute approximate surface area is 177 Å². The van der Waals surface area contributed by atoms with Crippen molar-refractivity contribution in [2.24, 2.45) is 4.99 Å². The van der Waals surface area contributed by atoms with Crippen LogP contribution in [0.25, 0.3) is 0 Å². The van der Waals surface area contributed by atoms with E-state index in [9.17, 15) is 0 Å². The predicted octanol–water partition coefficient (Wildman–Crippen LogP) is 2.80. The minimum atomic E-state index is 0.378. The summed E-state index contributed by atoms with van der Waals surface area (Å²) in [6, 6.07) is 6.43. The molecule has 2 N–H and O–H groups in total. The number of ether oxygens (including phenoxy) is 2. The van der Waals surface area contributed by atoms with Gasteiger partial charge in [0.15, 0.2) is 5.96 Å². The highest BCUT2D eigenvalue weighted by molar-refractivity contribution is 7.09. The van der Waals surface area contributed by atoms with Crippen molar-refractivity contribution in [1.29, 1.82) is 0 Å². The molecular formula is C21H31N5O2S. The predicted molar refractivity (Wildman–Crippen MR) is 118 cm³/mol. The lowest BCUT2D eigenvalue weighted by molar-refractivity contribution is 0.321. The average Bonchev–Trinajstić information content (AvgIpc) is 3.34. The summed E-state index contributed by atoms with van der Waals surface area (Å²) < 4.78 is 10.8. The first-order valence-corrected chi connectivity index (χ1v) is 10.9. The first-order valence-electron chi connectivity index (χ1n) is 9.99. The number of guanidine groups is 1. The quantitative estimate of drug-likeness (QED) is 0.508. The van der Waals surface area contributed by atoms with Crippen molar-refractivity contribution in [3.8, 4) is 11.5 Å². The number of likely N-dealkylation sites (tertiary alicyclic amines) is 1. The molecule has 1 unspecified atom stereocenters. The summed E-state index contributed by atoms with van der Waals surface area (Å²) in [6.45, 7) is 8.52. The third-order valence-corrected chi connectivity index (χ3v) is 5.92. The lowest BCUT2D eigenvalue weighted by Crippen LogP contribution is -2.44. The molecule has 1 aliphatic heterocycles. The smallest absolute Gasteiger partial charge is 0.191 e. The van der Waals surface area contributed by atoms with Gasteiger partial charge in [0.1, 0.15) is 11.5 Å². The lowest BCUT2D eigenvalue weighted by Gasteiger charge is -2.19. The number of aromatic nitrogens is 1. The van der Waals surface area contributed by atoms with Gasteiger partial charge in [0.2, 0.25) is 0 Å². The van der Waals surface area contributed by atoms with E-state index < -0.39 is 0 Å². The number of nitrogens with zero attached hydrogens (tertiary/aromatic N) is 3. The molecule has 1 aliphatic rings. The summed E-state index contributed by atoms with van der Waals surface area (Å²) in [5.74, 6) is 2.52. The van der Waals surface area contributed by atoms with Crippen molar-refractivity contribution in [3.05, 3.63) is 39.8 Å². The fraction of sp³-hybridized carbons (Fsp3) is 0.524. The first-order chi connectivity index (χ1) is 14.1. The van der Waals surface area contributed by atoms with Gasteiger partial charge in [-0.3, -0.25) is 4.90 Å². The molecule has 2 heterocycles. The second-order valence-electron chi connectivity index (χ2n) is 7.14. The molecule has 7 nitrogen and oxygen atoms in total. The highest BCUT2D eigenvalue weighted by Crippen LogP contribution is 2.24. The zero-order valence-corrected chi connectivity index (χ0v) is 18.5. The normalized spacial score (nSPS) is 17.4. The fourth-order valence-corrected chi connectivity index (χ4v) is 4.15. The molecular weight excluding hydrogens is 386 g/mol. The fourth-order valence-electron chi connectivity index (χ4n) is 3.45. The van der Waals surface area contributed by atoms with Gasteiger partial charge in [0.05, 0.1) is 32.0 Å². The van der Waals surface area contributed by atoms with Crippen molar-refractivity contribution in [1.82, 2.24) is 20.5 Å². The molecule has 0 spiro atoms. The molecule has 2 aromatic rings. The molecule has 1 saturated heterocycles. The number of benzene rings is 1. The standard InChI is InChI=1S/C21H31N5O2S/c1-5-22-21(23-11-20-15(2)24-14-29-20)25-17-6-7-26(13-17)12-16-8-18(27-3)10-19(9-16)28-4/h8-10,14,17H,5-7,11-13H2,1-4H3,(H2,22,23,25). The van der Waals surface area contributed by atoms with Crippen LogP contribution in [0.15, 0.2) is 28.7 Å². The van der Waals surface area contributed by atoms with Crippen molar-refractivity contribution in [3.63, 3.8) is 0 Å². The van der Waals surface area contributed by atoms with E-state index in [0.717, 1.165) is 55.8 Å². The number of nitrogens with one attached hydrogen (secondary N) is 2. The van der Waals surface area contributed by atoms with Gasteiger partial charge in [-0.15, -0.1) is 11.3 Å². The Morgan fingerprint density at radius 2 is 2.03 bits per heavy atom. The van der Waals surface area contributed by atoms with Crippen LogP contribution >= 0.6 is 11.3 Å². The van der Waals surface area contributed by atoms with Gasteiger partial charge in [-0.1, -0.05) is 0 Å². The van der Waals surface area contributed by atoms with E-state index in [1.54, 1.807) is 25.6 Å². The number of aryl methyl sites for hydroxylation is 1. The molecule has 0 saturated carbocycles. The molecule has 1 atom stereocenters. The molecule has 0 amide bonds.